The molecule has 2 aromatic carbocycles. The highest BCUT2D eigenvalue weighted by molar-refractivity contribution is 7.51. The molecule has 11 nitrogen and oxygen atoms in total. The fraction of sp³-hybridized carbons (Fsp3) is 0.423. The maximum Gasteiger partial charge on any atom is 0.325 e. The lowest BCUT2D eigenvalue weighted by molar-refractivity contribution is -0.272. The van der Waals surface area contributed by atoms with Crippen LogP contribution in [0.4, 0.5) is 5.69 Å². The van der Waals surface area contributed by atoms with Gasteiger partial charge in [0.05, 0.1) is 18.9 Å². The number of aliphatic hydroxyl groups excluding tert-OH is 3. The van der Waals surface area contributed by atoms with E-state index in [-0.39, 0.29) is 18.7 Å². The Labute approximate surface area is 219 Å². The number of hydrogen-bond donors (Lipinski definition) is 6. The molecule has 1 saturated heterocycles. The van der Waals surface area contributed by atoms with Crippen LogP contribution >= 0.6 is 7.60 Å². The van der Waals surface area contributed by atoms with E-state index in [1.165, 1.54) is 0 Å². The number of hydrogen-bond acceptors (Lipinski definition) is 8. The highest BCUT2D eigenvalue weighted by Gasteiger charge is 2.45. The molecule has 0 unspecified atom stereocenters. The SMILES string of the molecule is C#CCCC(=O)Nc1ccc2c(c1)-c1ccc(O[C@H]3O[C@H](CCP(=O)(O)O)[C@@H](O)[C@H](O)[C@@H]3O)cc1CCO2. The number of benzene rings is 2. The van der Waals surface area contributed by atoms with E-state index in [1.54, 1.807) is 30.3 Å². The van der Waals surface area contributed by atoms with Crippen molar-refractivity contribution in [1.82, 2.24) is 0 Å². The zero-order chi connectivity index (χ0) is 27.4. The van der Waals surface area contributed by atoms with Gasteiger partial charge < -0.3 is 44.6 Å². The van der Waals surface area contributed by atoms with Crippen LogP contribution in [0.1, 0.15) is 24.8 Å². The van der Waals surface area contributed by atoms with Crippen LogP contribution in [0.25, 0.3) is 11.1 Å². The molecule has 5 atom stereocenters. The fourth-order valence-corrected chi connectivity index (χ4v) is 5.01. The molecule has 38 heavy (non-hydrogen) atoms. The average Bonchev–Trinajstić information content (AvgIpc) is 3.05. The lowest BCUT2D eigenvalue weighted by Gasteiger charge is -2.40. The molecule has 1 fully saturated rings. The van der Waals surface area contributed by atoms with Crippen molar-refractivity contribution in [1.29, 1.82) is 0 Å². The summed E-state index contributed by atoms with van der Waals surface area (Å²) in [5.41, 5.74) is 3.07. The second-order valence-corrected chi connectivity index (χ2v) is 11.0. The Morgan fingerprint density at radius 1 is 1.11 bits per heavy atom. The minimum Gasteiger partial charge on any atom is -0.493 e. The molecule has 2 aliphatic heterocycles. The van der Waals surface area contributed by atoms with Crippen LogP contribution in [0.3, 0.4) is 0 Å². The Kier molecular flexibility index (Phi) is 8.75. The van der Waals surface area contributed by atoms with E-state index in [0.717, 1.165) is 16.7 Å². The number of anilines is 1. The summed E-state index contributed by atoms with van der Waals surface area (Å²) >= 11 is 0. The van der Waals surface area contributed by atoms with Gasteiger partial charge in [0.15, 0.2) is 0 Å². The van der Waals surface area contributed by atoms with Crippen molar-refractivity contribution in [2.45, 2.75) is 56.4 Å². The van der Waals surface area contributed by atoms with Crippen LogP contribution in [0.5, 0.6) is 11.5 Å². The van der Waals surface area contributed by atoms with Gasteiger partial charge in [0.25, 0.3) is 0 Å². The Balaban J connectivity index is 1.53. The summed E-state index contributed by atoms with van der Waals surface area (Å²) in [7, 11) is -4.36. The maximum absolute atomic E-state index is 12.1. The standard InChI is InChI=1S/C26H30NO10P/c1-2-3-4-22(28)27-16-5-8-20-19(14-16)18-7-6-17(13-15(18)9-11-35-20)36-26-25(31)24(30)23(29)21(37-26)10-12-38(32,33)34/h1,5-8,13-14,21,23-26,29-31H,3-4,9-12H2,(H,27,28)(H2,32,33,34)/t21-,23-,24+,25+,26+/m1/s1. The molecule has 2 aliphatic rings. The molecule has 2 aromatic rings. The monoisotopic (exact) mass is 547 g/mol. The number of terminal acetylenes is 1. The second kappa shape index (κ2) is 11.8. The van der Waals surface area contributed by atoms with Crippen LogP contribution in [0.15, 0.2) is 36.4 Å². The number of aliphatic hydroxyl groups is 3. The Morgan fingerprint density at radius 3 is 2.63 bits per heavy atom. The van der Waals surface area contributed by atoms with Crippen LogP contribution in [-0.2, 0) is 20.5 Å². The van der Waals surface area contributed by atoms with Gasteiger partial charge in [0.1, 0.15) is 29.8 Å². The summed E-state index contributed by atoms with van der Waals surface area (Å²) in [6.07, 6.45) is -1.80. The van der Waals surface area contributed by atoms with E-state index in [9.17, 15) is 24.7 Å². The number of ether oxygens (including phenoxy) is 3. The summed E-state index contributed by atoms with van der Waals surface area (Å²) in [5, 5.41) is 33.7. The molecule has 2 heterocycles. The fourth-order valence-electron chi connectivity index (χ4n) is 4.42. The van der Waals surface area contributed by atoms with Crippen molar-refractivity contribution in [2.24, 2.45) is 0 Å². The number of carbonyl (C=O) groups is 1. The Bertz CT molecular complexity index is 1260. The number of amides is 1. The van der Waals surface area contributed by atoms with E-state index < -0.39 is 44.5 Å². The van der Waals surface area contributed by atoms with Gasteiger partial charge in [-0.3, -0.25) is 9.36 Å². The van der Waals surface area contributed by atoms with Gasteiger partial charge in [-0.2, -0.15) is 0 Å². The molecule has 0 spiro atoms. The average molecular weight is 547 g/mol. The van der Waals surface area contributed by atoms with Gasteiger partial charge in [-0.1, -0.05) is 6.07 Å². The number of fused-ring (bicyclic) bond motifs is 3. The van der Waals surface area contributed by atoms with Gasteiger partial charge in [-0.15, -0.1) is 12.3 Å². The molecule has 6 N–H and O–H groups in total. The van der Waals surface area contributed by atoms with Crippen LogP contribution in [-0.4, -0.2) is 74.5 Å². The topological polar surface area (TPSA) is 175 Å². The lowest BCUT2D eigenvalue weighted by Crippen LogP contribution is -2.59. The van der Waals surface area contributed by atoms with Gasteiger partial charge in [-0.05, 0) is 47.9 Å². The van der Waals surface area contributed by atoms with E-state index >= 15 is 0 Å². The first-order valence-electron chi connectivity index (χ1n) is 12.1. The van der Waals surface area contributed by atoms with Crippen LogP contribution in [0.2, 0.25) is 0 Å². The van der Waals surface area contributed by atoms with E-state index in [2.05, 4.69) is 11.2 Å². The quantitative estimate of drug-likeness (QED) is 0.209. The Hall–Kier alpha value is -2.94. The van der Waals surface area contributed by atoms with Gasteiger partial charge in [0.2, 0.25) is 12.2 Å². The van der Waals surface area contributed by atoms with Gasteiger partial charge >= 0.3 is 7.60 Å². The van der Waals surface area contributed by atoms with Crippen molar-refractivity contribution < 1.29 is 48.7 Å². The third-order valence-corrected chi connectivity index (χ3v) is 7.22. The van der Waals surface area contributed by atoms with Crippen LogP contribution < -0.4 is 14.8 Å². The summed E-state index contributed by atoms with van der Waals surface area (Å²) in [4.78, 5) is 30.4. The normalized spacial score (nSPS) is 24.7. The van der Waals surface area contributed by atoms with E-state index in [1.807, 2.05) is 6.07 Å². The van der Waals surface area contributed by atoms with Crippen LogP contribution in [0, 0.1) is 12.3 Å². The predicted molar refractivity (Wildman–Crippen MR) is 137 cm³/mol. The molecule has 12 heteroatoms. The highest BCUT2D eigenvalue weighted by Crippen LogP contribution is 2.40. The molecule has 0 bridgehead atoms. The minimum absolute atomic E-state index is 0.196. The number of nitrogens with one attached hydrogen (secondary N) is 1. The smallest absolute Gasteiger partial charge is 0.325 e. The first-order chi connectivity index (χ1) is 18.1. The summed E-state index contributed by atoms with van der Waals surface area (Å²) < 4.78 is 28.5. The van der Waals surface area contributed by atoms with Crippen molar-refractivity contribution in [3.05, 3.63) is 42.0 Å². The van der Waals surface area contributed by atoms with E-state index in [4.69, 9.17) is 30.4 Å². The largest absolute Gasteiger partial charge is 0.493 e. The lowest BCUT2D eigenvalue weighted by atomic mass is 9.96. The van der Waals surface area contributed by atoms with Crippen molar-refractivity contribution in [3.63, 3.8) is 0 Å². The minimum atomic E-state index is -4.36. The molecule has 4 rings (SSSR count). The zero-order valence-electron chi connectivity index (χ0n) is 20.4. The first kappa shape index (κ1) is 28.1. The molecule has 1 amide bonds. The van der Waals surface area contributed by atoms with Gasteiger partial charge in [0, 0.05) is 30.5 Å². The van der Waals surface area contributed by atoms with Gasteiger partial charge in [-0.25, -0.2) is 0 Å². The Morgan fingerprint density at radius 2 is 1.89 bits per heavy atom. The van der Waals surface area contributed by atoms with Crippen molar-refractivity contribution >= 4 is 19.2 Å². The third-order valence-electron chi connectivity index (χ3n) is 6.38. The number of rotatable bonds is 8. The molecule has 0 saturated carbocycles. The molecule has 0 aliphatic carbocycles. The molecule has 204 valence electrons. The predicted octanol–water partition coefficient (Wildman–Crippen LogP) is 1.39. The molecular weight excluding hydrogens is 517 g/mol. The zero-order valence-corrected chi connectivity index (χ0v) is 21.3. The first-order valence-corrected chi connectivity index (χ1v) is 13.9. The number of carbonyl (C=O) groups excluding carboxylic acids is 1. The summed E-state index contributed by atoms with van der Waals surface area (Å²) in [6.45, 7) is 0.384. The summed E-state index contributed by atoms with van der Waals surface area (Å²) in [5.74, 6) is 3.20. The second-order valence-electron chi connectivity index (χ2n) is 9.19. The van der Waals surface area contributed by atoms with E-state index in [0.29, 0.717) is 36.6 Å². The molecular formula is C26H30NO10P. The van der Waals surface area contributed by atoms with Crippen molar-refractivity contribution in [2.75, 3.05) is 18.1 Å². The summed E-state index contributed by atoms with van der Waals surface area (Å²) in [6, 6.07) is 10.5. The third kappa shape index (κ3) is 6.73. The molecule has 0 aromatic heterocycles. The van der Waals surface area contributed by atoms with Crippen molar-refractivity contribution in [3.8, 4) is 35.0 Å². The maximum atomic E-state index is 12.1. The molecule has 0 radical (unpaired) electrons. The highest BCUT2D eigenvalue weighted by atomic mass is 31.2.